The molecule has 2 fully saturated rings. The molecule has 1 unspecified atom stereocenters. The zero-order valence-corrected chi connectivity index (χ0v) is 21.3. The fraction of sp³-hybridized carbons (Fsp3) is 0.625. The van der Waals surface area contributed by atoms with Crippen LogP contribution < -0.4 is 0 Å². The number of nitrogens with zero attached hydrogens (tertiary/aromatic N) is 4. The van der Waals surface area contributed by atoms with Gasteiger partial charge in [-0.3, -0.25) is 14.5 Å². The molecule has 2 aliphatic rings. The predicted octanol–water partition coefficient (Wildman–Crippen LogP) is 4.07. The standard InChI is InChI=1S/C24H33ClN4O3S/c1-24(2,3)23(31)29-17(6-7-18-8-9-21(25)33-18)15-19(26-29)20-5-4-10-28(20)22(30)16-27-11-13-32-14-12-27/h8-9,15,20H,4-7,10-14,16H2,1-3H3. The molecule has 9 heteroatoms. The van der Waals surface area contributed by atoms with Crippen molar-refractivity contribution >= 4 is 34.8 Å². The van der Waals surface area contributed by atoms with Gasteiger partial charge in [0.25, 0.3) is 5.91 Å². The highest BCUT2D eigenvalue weighted by atomic mass is 35.5. The first-order chi connectivity index (χ1) is 15.7. The average Bonchev–Trinajstić information content (AvgIpc) is 3.51. The van der Waals surface area contributed by atoms with Crippen molar-refractivity contribution in [1.82, 2.24) is 19.6 Å². The lowest BCUT2D eigenvalue weighted by molar-refractivity contribution is -0.134. The molecule has 0 spiro atoms. The van der Waals surface area contributed by atoms with E-state index in [1.807, 2.05) is 43.9 Å². The third-order valence-corrected chi connectivity index (χ3v) is 7.56. The van der Waals surface area contributed by atoms with Gasteiger partial charge in [-0.1, -0.05) is 32.4 Å². The van der Waals surface area contributed by atoms with Gasteiger partial charge in [-0.05, 0) is 43.9 Å². The van der Waals surface area contributed by atoms with Gasteiger partial charge in [-0.2, -0.15) is 5.10 Å². The highest BCUT2D eigenvalue weighted by Gasteiger charge is 2.34. The molecule has 33 heavy (non-hydrogen) atoms. The fourth-order valence-electron chi connectivity index (χ4n) is 4.43. The lowest BCUT2D eigenvalue weighted by Crippen LogP contribution is -2.44. The van der Waals surface area contributed by atoms with Crippen molar-refractivity contribution in [2.45, 2.75) is 52.5 Å². The number of hydrogen-bond acceptors (Lipinski definition) is 6. The van der Waals surface area contributed by atoms with Crippen molar-refractivity contribution in [3.63, 3.8) is 0 Å². The van der Waals surface area contributed by atoms with Gasteiger partial charge in [-0.25, -0.2) is 4.68 Å². The molecule has 2 aromatic rings. The third kappa shape index (κ3) is 5.85. The third-order valence-electron chi connectivity index (χ3n) is 6.27. The number of rotatable bonds is 6. The Morgan fingerprint density at radius 1 is 1.18 bits per heavy atom. The van der Waals surface area contributed by atoms with Crippen LogP contribution in [0.5, 0.6) is 0 Å². The van der Waals surface area contributed by atoms with E-state index in [9.17, 15) is 9.59 Å². The largest absolute Gasteiger partial charge is 0.379 e. The Bertz CT molecular complexity index is 990. The zero-order valence-electron chi connectivity index (χ0n) is 19.7. The molecule has 2 aromatic heterocycles. The number of thiophene rings is 1. The molecule has 4 rings (SSSR count). The second-order valence-corrected chi connectivity index (χ2v) is 11.7. The molecule has 0 aromatic carbocycles. The molecule has 0 N–H and O–H groups in total. The van der Waals surface area contributed by atoms with E-state index < -0.39 is 5.41 Å². The predicted molar refractivity (Wildman–Crippen MR) is 130 cm³/mol. The summed E-state index contributed by atoms with van der Waals surface area (Å²) in [4.78, 5) is 31.6. The van der Waals surface area contributed by atoms with Crippen LogP contribution in [0.4, 0.5) is 0 Å². The molecule has 0 radical (unpaired) electrons. The van der Waals surface area contributed by atoms with Crippen LogP contribution in [0.1, 0.15) is 60.7 Å². The van der Waals surface area contributed by atoms with E-state index in [1.54, 1.807) is 16.0 Å². The fourth-order valence-corrected chi connectivity index (χ4v) is 5.51. The lowest BCUT2D eigenvalue weighted by atomic mass is 9.95. The summed E-state index contributed by atoms with van der Waals surface area (Å²) in [7, 11) is 0. The number of carbonyl (C=O) groups is 2. The number of likely N-dealkylation sites (tertiary alicyclic amines) is 1. The Morgan fingerprint density at radius 3 is 2.61 bits per heavy atom. The van der Waals surface area contributed by atoms with E-state index >= 15 is 0 Å². The van der Waals surface area contributed by atoms with Crippen molar-refractivity contribution in [3.05, 3.63) is 38.8 Å². The van der Waals surface area contributed by atoms with Gasteiger partial charge in [0, 0.05) is 35.6 Å². The summed E-state index contributed by atoms with van der Waals surface area (Å²) < 4.78 is 7.75. The summed E-state index contributed by atoms with van der Waals surface area (Å²) in [5.41, 5.74) is 1.16. The molecule has 180 valence electrons. The Balaban J connectivity index is 1.54. The number of aryl methyl sites for hydroxylation is 2. The Hall–Kier alpha value is -1.74. The van der Waals surface area contributed by atoms with E-state index in [1.165, 1.54) is 4.88 Å². The molecule has 1 atom stereocenters. The molecule has 0 bridgehead atoms. The summed E-state index contributed by atoms with van der Waals surface area (Å²) >= 11 is 7.65. The van der Waals surface area contributed by atoms with Crippen molar-refractivity contribution in [2.75, 3.05) is 39.4 Å². The van der Waals surface area contributed by atoms with Gasteiger partial charge < -0.3 is 9.64 Å². The maximum Gasteiger partial charge on any atom is 0.252 e. The first-order valence-electron chi connectivity index (χ1n) is 11.7. The van der Waals surface area contributed by atoms with Crippen LogP contribution in [0, 0.1) is 5.41 Å². The highest BCUT2D eigenvalue weighted by Crippen LogP contribution is 2.33. The maximum atomic E-state index is 13.2. The number of hydrogen-bond donors (Lipinski definition) is 0. The Kier molecular flexibility index (Phi) is 7.58. The number of halogens is 1. The monoisotopic (exact) mass is 492 g/mol. The first-order valence-corrected chi connectivity index (χ1v) is 12.9. The smallest absolute Gasteiger partial charge is 0.252 e. The quantitative estimate of drug-likeness (QED) is 0.608. The maximum absolute atomic E-state index is 13.2. The van der Waals surface area contributed by atoms with Gasteiger partial charge in [0.15, 0.2) is 0 Å². The van der Waals surface area contributed by atoms with Crippen LogP contribution in [0.15, 0.2) is 18.2 Å². The summed E-state index contributed by atoms with van der Waals surface area (Å²) in [5.74, 6) is 0.100. The molecule has 2 saturated heterocycles. The van der Waals surface area contributed by atoms with Crippen LogP contribution in [0.25, 0.3) is 0 Å². The van der Waals surface area contributed by atoms with Crippen molar-refractivity contribution in [2.24, 2.45) is 5.41 Å². The van der Waals surface area contributed by atoms with E-state index in [4.69, 9.17) is 21.4 Å². The van der Waals surface area contributed by atoms with E-state index in [0.717, 1.165) is 54.6 Å². The number of ether oxygens (including phenoxy) is 1. The second-order valence-electron chi connectivity index (χ2n) is 9.87. The van der Waals surface area contributed by atoms with E-state index in [2.05, 4.69) is 4.90 Å². The molecular weight excluding hydrogens is 460 g/mol. The minimum absolute atomic E-state index is 0.0304. The zero-order chi connectivity index (χ0) is 23.6. The molecule has 7 nitrogen and oxygen atoms in total. The van der Waals surface area contributed by atoms with Crippen LogP contribution >= 0.6 is 22.9 Å². The number of morpholine rings is 1. The van der Waals surface area contributed by atoms with Crippen LogP contribution in [-0.4, -0.2) is 70.8 Å². The molecule has 2 aliphatic heterocycles. The molecule has 0 aliphatic carbocycles. The SMILES string of the molecule is CC(C)(C)C(=O)n1nc(C2CCCN2C(=O)CN2CCOCC2)cc1CCc1ccc(Cl)s1. The summed E-state index contributed by atoms with van der Waals surface area (Å²) in [6.45, 7) is 9.80. The number of carbonyl (C=O) groups excluding carboxylic acids is 2. The minimum Gasteiger partial charge on any atom is -0.379 e. The van der Waals surface area contributed by atoms with Gasteiger partial charge in [-0.15, -0.1) is 11.3 Å². The van der Waals surface area contributed by atoms with Gasteiger partial charge in [0.2, 0.25) is 5.91 Å². The van der Waals surface area contributed by atoms with Crippen molar-refractivity contribution in [1.29, 1.82) is 0 Å². The Labute approximate surface area is 204 Å². The normalized spacial score (nSPS) is 19.9. The topological polar surface area (TPSA) is 67.7 Å². The van der Waals surface area contributed by atoms with E-state index in [-0.39, 0.29) is 17.9 Å². The second kappa shape index (κ2) is 10.3. The molecular formula is C24H33ClN4O3S. The first kappa shape index (κ1) is 24.4. The van der Waals surface area contributed by atoms with Crippen molar-refractivity contribution < 1.29 is 14.3 Å². The summed E-state index contributed by atoms with van der Waals surface area (Å²) in [5, 5.41) is 4.77. The van der Waals surface area contributed by atoms with Gasteiger partial charge in [0.05, 0.1) is 35.8 Å². The Morgan fingerprint density at radius 2 is 1.94 bits per heavy atom. The minimum atomic E-state index is -0.550. The summed E-state index contributed by atoms with van der Waals surface area (Å²) in [6.07, 6.45) is 3.31. The van der Waals surface area contributed by atoms with Crippen molar-refractivity contribution in [3.8, 4) is 0 Å². The summed E-state index contributed by atoms with van der Waals surface area (Å²) in [6, 6.07) is 5.89. The number of aromatic nitrogens is 2. The highest BCUT2D eigenvalue weighted by molar-refractivity contribution is 7.16. The lowest BCUT2D eigenvalue weighted by Gasteiger charge is -2.30. The van der Waals surface area contributed by atoms with Crippen LogP contribution in [0.3, 0.4) is 0 Å². The number of amides is 1. The molecule has 0 saturated carbocycles. The average molecular weight is 493 g/mol. The van der Waals surface area contributed by atoms with Gasteiger partial charge in [0.1, 0.15) is 0 Å². The van der Waals surface area contributed by atoms with Crippen LogP contribution in [0.2, 0.25) is 4.34 Å². The van der Waals surface area contributed by atoms with E-state index in [0.29, 0.717) is 26.2 Å². The van der Waals surface area contributed by atoms with Gasteiger partial charge >= 0.3 is 0 Å². The van der Waals surface area contributed by atoms with Crippen LogP contribution in [-0.2, 0) is 22.4 Å². The molecule has 4 heterocycles. The molecule has 1 amide bonds.